The van der Waals surface area contributed by atoms with Crippen molar-refractivity contribution in [3.8, 4) is 11.5 Å². The highest BCUT2D eigenvalue weighted by Crippen LogP contribution is 2.16. The summed E-state index contributed by atoms with van der Waals surface area (Å²) < 4.78 is 11.5. The summed E-state index contributed by atoms with van der Waals surface area (Å²) in [7, 11) is 3.00. The smallest absolute Gasteiger partial charge is 0.297 e. The Morgan fingerprint density at radius 1 is 1.21 bits per heavy atom. The standard InChI is InChI=1S/C13H13ClN2O3/c1-18-10-5-3-9(4-6-10)7-16-8-15-12(14)11(19-2)13(16)17/h3-6,8H,7H2,1-2H3. The van der Waals surface area contributed by atoms with Crippen molar-refractivity contribution in [3.63, 3.8) is 0 Å². The van der Waals surface area contributed by atoms with Crippen LogP contribution in [0, 0.1) is 0 Å². The zero-order chi connectivity index (χ0) is 13.8. The maximum atomic E-state index is 12.0. The lowest BCUT2D eigenvalue weighted by atomic mass is 10.2. The fourth-order valence-corrected chi connectivity index (χ4v) is 1.86. The fourth-order valence-electron chi connectivity index (χ4n) is 1.66. The molecule has 1 aromatic carbocycles. The zero-order valence-electron chi connectivity index (χ0n) is 10.6. The molecule has 0 N–H and O–H groups in total. The molecule has 0 spiro atoms. The summed E-state index contributed by atoms with van der Waals surface area (Å²) in [5, 5.41) is 0.0680. The van der Waals surface area contributed by atoms with Gasteiger partial charge in [0, 0.05) is 0 Å². The van der Waals surface area contributed by atoms with Crippen LogP contribution >= 0.6 is 11.6 Å². The van der Waals surface area contributed by atoms with E-state index in [1.807, 2.05) is 24.3 Å². The molecule has 0 aliphatic carbocycles. The molecule has 0 unspecified atom stereocenters. The molecule has 0 radical (unpaired) electrons. The van der Waals surface area contributed by atoms with Crippen molar-refractivity contribution in [2.45, 2.75) is 6.54 Å². The molecule has 5 nitrogen and oxygen atoms in total. The number of benzene rings is 1. The molecule has 1 heterocycles. The first-order valence-corrected chi connectivity index (χ1v) is 5.95. The molecule has 0 saturated heterocycles. The first-order valence-electron chi connectivity index (χ1n) is 5.57. The average Bonchev–Trinajstić information content (AvgIpc) is 2.43. The lowest BCUT2D eigenvalue weighted by Crippen LogP contribution is -2.22. The maximum absolute atomic E-state index is 12.0. The van der Waals surface area contributed by atoms with Crippen LogP contribution < -0.4 is 15.0 Å². The summed E-state index contributed by atoms with van der Waals surface area (Å²) in [5.74, 6) is 0.820. The molecule has 0 aliphatic heterocycles. The van der Waals surface area contributed by atoms with Gasteiger partial charge in [0.05, 0.1) is 27.1 Å². The molecule has 0 amide bonds. The van der Waals surface area contributed by atoms with E-state index in [0.29, 0.717) is 6.54 Å². The normalized spacial score (nSPS) is 10.3. The summed E-state index contributed by atoms with van der Waals surface area (Å²) in [6.07, 6.45) is 1.40. The summed E-state index contributed by atoms with van der Waals surface area (Å²) in [6, 6.07) is 7.43. The summed E-state index contributed by atoms with van der Waals surface area (Å²) in [5.41, 5.74) is 0.646. The van der Waals surface area contributed by atoms with E-state index >= 15 is 0 Å². The molecule has 0 atom stereocenters. The number of rotatable bonds is 4. The van der Waals surface area contributed by atoms with E-state index in [-0.39, 0.29) is 16.5 Å². The number of aromatic nitrogens is 2. The third-order valence-electron chi connectivity index (χ3n) is 2.67. The van der Waals surface area contributed by atoms with Crippen molar-refractivity contribution in [1.29, 1.82) is 0 Å². The van der Waals surface area contributed by atoms with E-state index < -0.39 is 0 Å². The maximum Gasteiger partial charge on any atom is 0.297 e. The number of hydrogen-bond donors (Lipinski definition) is 0. The van der Waals surface area contributed by atoms with Crippen LogP contribution in [0.3, 0.4) is 0 Å². The minimum Gasteiger partial charge on any atom is -0.497 e. The molecule has 6 heteroatoms. The number of ether oxygens (including phenoxy) is 2. The van der Waals surface area contributed by atoms with Crippen molar-refractivity contribution in [2.24, 2.45) is 0 Å². The quantitative estimate of drug-likeness (QED) is 0.804. The van der Waals surface area contributed by atoms with E-state index in [4.69, 9.17) is 21.1 Å². The van der Waals surface area contributed by atoms with Gasteiger partial charge in [0.2, 0.25) is 5.75 Å². The molecule has 0 aliphatic rings. The van der Waals surface area contributed by atoms with Gasteiger partial charge in [-0.2, -0.15) is 0 Å². The number of hydrogen-bond acceptors (Lipinski definition) is 4. The van der Waals surface area contributed by atoms with E-state index in [9.17, 15) is 4.79 Å². The topological polar surface area (TPSA) is 53.4 Å². The Kier molecular flexibility index (Phi) is 4.06. The van der Waals surface area contributed by atoms with Gasteiger partial charge >= 0.3 is 0 Å². The van der Waals surface area contributed by atoms with E-state index in [0.717, 1.165) is 11.3 Å². The Morgan fingerprint density at radius 3 is 2.47 bits per heavy atom. The van der Waals surface area contributed by atoms with Crippen molar-refractivity contribution >= 4 is 11.6 Å². The van der Waals surface area contributed by atoms with Gasteiger partial charge in [-0.25, -0.2) is 4.98 Å². The molecule has 2 rings (SSSR count). The van der Waals surface area contributed by atoms with Gasteiger partial charge < -0.3 is 9.47 Å². The highest BCUT2D eigenvalue weighted by atomic mass is 35.5. The van der Waals surface area contributed by atoms with E-state index in [2.05, 4.69) is 4.98 Å². The van der Waals surface area contributed by atoms with Crippen LogP contribution in [0.5, 0.6) is 11.5 Å². The predicted octanol–water partition coefficient (Wildman–Crippen LogP) is 1.96. The van der Waals surface area contributed by atoms with Crippen molar-refractivity contribution < 1.29 is 9.47 Å². The summed E-state index contributed by atoms with van der Waals surface area (Å²) in [4.78, 5) is 16.0. The minimum absolute atomic E-state index is 0.0534. The van der Waals surface area contributed by atoms with Crippen molar-refractivity contribution in [2.75, 3.05) is 14.2 Å². The van der Waals surface area contributed by atoms with Gasteiger partial charge in [0.15, 0.2) is 5.15 Å². The Hall–Kier alpha value is -2.01. The third-order valence-corrected chi connectivity index (χ3v) is 2.94. The van der Waals surface area contributed by atoms with Gasteiger partial charge in [-0.05, 0) is 17.7 Å². The van der Waals surface area contributed by atoms with Crippen LogP contribution in [0.2, 0.25) is 5.15 Å². The lowest BCUT2D eigenvalue weighted by Gasteiger charge is -2.08. The zero-order valence-corrected chi connectivity index (χ0v) is 11.3. The Balaban J connectivity index is 2.30. The Morgan fingerprint density at radius 2 is 1.89 bits per heavy atom. The summed E-state index contributed by atoms with van der Waals surface area (Å²) >= 11 is 5.78. The SMILES string of the molecule is COc1ccc(Cn2cnc(Cl)c(OC)c2=O)cc1. The molecule has 2 aromatic rings. The molecule has 0 bridgehead atoms. The molecule has 1 aromatic heterocycles. The largest absolute Gasteiger partial charge is 0.497 e. The monoisotopic (exact) mass is 280 g/mol. The van der Waals surface area contributed by atoms with Gasteiger partial charge in [-0.1, -0.05) is 23.7 Å². The van der Waals surface area contributed by atoms with Gasteiger partial charge in [-0.15, -0.1) is 0 Å². The second-order valence-electron chi connectivity index (χ2n) is 3.85. The first kappa shape index (κ1) is 13.4. The highest BCUT2D eigenvalue weighted by molar-refractivity contribution is 6.30. The molecule has 0 saturated carbocycles. The molecular weight excluding hydrogens is 268 g/mol. The molecule has 19 heavy (non-hydrogen) atoms. The van der Waals surface area contributed by atoms with Gasteiger partial charge in [0.25, 0.3) is 5.56 Å². The van der Waals surface area contributed by atoms with Crippen LogP contribution in [0.1, 0.15) is 5.56 Å². The van der Waals surface area contributed by atoms with Crippen molar-refractivity contribution in [3.05, 3.63) is 51.7 Å². The lowest BCUT2D eigenvalue weighted by molar-refractivity contribution is 0.400. The highest BCUT2D eigenvalue weighted by Gasteiger charge is 2.10. The first-order chi connectivity index (χ1) is 9.15. The number of methoxy groups -OCH3 is 2. The number of nitrogens with zero attached hydrogens (tertiary/aromatic N) is 2. The number of halogens is 1. The Labute approximate surface area is 115 Å². The van der Waals surface area contributed by atoms with E-state index in [1.165, 1.54) is 18.0 Å². The van der Waals surface area contributed by atoms with Crippen LogP contribution in [-0.4, -0.2) is 23.8 Å². The van der Waals surface area contributed by atoms with Gasteiger partial charge in [-0.3, -0.25) is 9.36 Å². The Bertz CT molecular complexity index is 623. The van der Waals surface area contributed by atoms with E-state index in [1.54, 1.807) is 7.11 Å². The second kappa shape index (κ2) is 5.75. The van der Waals surface area contributed by atoms with Crippen LogP contribution in [0.15, 0.2) is 35.4 Å². The van der Waals surface area contributed by atoms with Crippen molar-refractivity contribution in [1.82, 2.24) is 9.55 Å². The van der Waals surface area contributed by atoms with Gasteiger partial charge in [0.1, 0.15) is 5.75 Å². The second-order valence-corrected chi connectivity index (χ2v) is 4.21. The molecular formula is C13H13ClN2O3. The molecule has 100 valence electrons. The third kappa shape index (κ3) is 2.88. The molecule has 0 fully saturated rings. The van der Waals surface area contributed by atoms with Crippen LogP contribution in [0.4, 0.5) is 0 Å². The van der Waals surface area contributed by atoms with Crippen LogP contribution in [-0.2, 0) is 6.54 Å². The fraction of sp³-hybridized carbons (Fsp3) is 0.231. The minimum atomic E-state index is -0.307. The average molecular weight is 281 g/mol. The summed E-state index contributed by atoms with van der Waals surface area (Å²) in [6.45, 7) is 0.392. The van der Waals surface area contributed by atoms with Crippen LogP contribution in [0.25, 0.3) is 0 Å². The predicted molar refractivity (Wildman–Crippen MR) is 72.2 cm³/mol.